The summed E-state index contributed by atoms with van der Waals surface area (Å²) in [6.07, 6.45) is 5.07. The number of carbonyl (C=O) groups is 1. The van der Waals surface area contributed by atoms with Crippen LogP contribution < -0.4 is 0 Å². The lowest BCUT2D eigenvalue weighted by Crippen LogP contribution is -2.35. The summed E-state index contributed by atoms with van der Waals surface area (Å²) < 4.78 is 5.09. The quantitative estimate of drug-likeness (QED) is 0.621. The molecule has 21 heavy (non-hydrogen) atoms. The maximum atomic E-state index is 12.4. The van der Waals surface area contributed by atoms with Crippen LogP contribution in [0, 0.1) is 22.7 Å². The number of fused-ring (bicyclic) bond motifs is 2. The zero-order valence-electron chi connectivity index (χ0n) is 14.2. The van der Waals surface area contributed by atoms with Crippen LogP contribution in [-0.4, -0.2) is 24.8 Å². The Labute approximate surface area is 128 Å². The van der Waals surface area contributed by atoms with Gasteiger partial charge in [-0.05, 0) is 61.7 Å². The molecule has 0 aromatic heterocycles. The molecule has 2 fully saturated rings. The summed E-state index contributed by atoms with van der Waals surface area (Å²) in [5.74, 6) is 0.843. The highest BCUT2D eigenvalue weighted by Gasteiger charge is 2.62. The summed E-state index contributed by atoms with van der Waals surface area (Å²) in [5.41, 5.74) is 2.46. The van der Waals surface area contributed by atoms with Crippen LogP contribution in [0.25, 0.3) is 0 Å². The first-order chi connectivity index (χ1) is 9.79. The molecular weight excluding hydrogens is 264 g/mol. The van der Waals surface area contributed by atoms with Crippen LogP contribution in [0.5, 0.6) is 0 Å². The maximum Gasteiger partial charge on any atom is 0.333 e. The molecule has 0 amide bonds. The molecule has 0 radical (unpaired) electrons. The van der Waals surface area contributed by atoms with E-state index in [2.05, 4.69) is 20.8 Å². The second kappa shape index (κ2) is 5.75. The topological polar surface area (TPSA) is 46.5 Å². The molecule has 2 saturated carbocycles. The monoisotopic (exact) mass is 294 g/mol. The summed E-state index contributed by atoms with van der Waals surface area (Å²) in [5, 5.41) is 9.06. The highest BCUT2D eigenvalue weighted by Crippen LogP contribution is 2.69. The Balaban J connectivity index is 2.38. The van der Waals surface area contributed by atoms with E-state index in [4.69, 9.17) is 9.84 Å². The molecule has 0 spiro atoms. The van der Waals surface area contributed by atoms with Crippen molar-refractivity contribution in [3.8, 4) is 0 Å². The van der Waals surface area contributed by atoms with E-state index in [9.17, 15) is 4.79 Å². The molecule has 2 aliphatic carbocycles. The number of rotatable bonds is 5. The molecule has 2 rings (SSSR count). The van der Waals surface area contributed by atoms with Crippen molar-refractivity contribution in [1.29, 1.82) is 0 Å². The zero-order chi connectivity index (χ0) is 15.8. The third-order valence-electron chi connectivity index (χ3n) is 6.72. The van der Waals surface area contributed by atoms with Gasteiger partial charge >= 0.3 is 5.97 Å². The molecule has 1 N–H and O–H groups in total. The number of carbonyl (C=O) groups excluding carboxylic acids is 1. The number of esters is 1. The molecule has 0 heterocycles. The van der Waals surface area contributed by atoms with Crippen LogP contribution in [0.3, 0.4) is 0 Å². The Morgan fingerprint density at radius 2 is 2.00 bits per heavy atom. The van der Waals surface area contributed by atoms with Crippen molar-refractivity contribution in [3.05, 3.63) is 11.1 Å². The molecule has 3 heteroatoms. The summed E-state index contributed by atoms with van der Waals surface area (Å²) in [4.78, 5) is 12.4. The highest BCUT2D eigenvalue weighted by atomic mass is 16.5. The maximum absolute atomic E-state index is 12.4. The van der Waals surface area contributed by atoms with Gasteiger partial charge in [-0.1, -0.05) is 26.3 Å². The van der Waals surface area contributed by atoms with Crippen molar-refractivity contribution in [1.82, 2.24) is 0 Å². The first-order valence-corrected chi connectivity index (χ1v) is 8.18. The SMILES string of the molecule is COC(=O)C(=C(C)CCCO)C1C[C@H]2CC[C@@]1(C)C2(C)C. The third-order valence-corrected chi connectivity index (χ3v) is 6.72. The first kappa shape index (κ1) is 16.5. The van der Waals surface area contributed by atoms with Crippen molar-refractivity contribution < 1.29 is 14.6 Å². The predicted molar refractivity (Wildman–Crippen MR) is 83.8 cm³/mol. The largest absolute Gasteiger partial charge is 0.466 e. The van der Waals surface area contributed by atoms with Crippen molar-refractivity contribution in [3.63, 3.8) is 0 Å². The number of hydrogen-bond donors (Lipinski definition) is 1. The average molecular weight is 294 g/mol. The van der Waals surface area contributed by atoms with Crippen molar-refractivity contribution in [2.45, 2.75) is 59.8 Å². The van der Waals surface area contributed by atoms with Gasteiger partial charge in [0.15, 0.2) is 0 Å². The first-order valence-electron chi connectivity index (χ1n) is 8.18. The second-order valence-electron chi connectivity index (χ2n) is 7.68. The lowest BCUT2D eigenvalue weighted by atomic mass is 9.64. The number of allylic oxidation sites excluding steroid dienone is 1. The van der Waals surface area contributed by atoms with Crippen LogP contribution in [0.4, 0.5) is 0 Å². The van der Waals surface area contributed by atoms with Gasteiger partial charge in [-0.25, -0.2) is 4.79 Å². The Morgan fingerprint density at radius 1 is 1.33 bits per heavy atom. The zero-order valence-corrected chi connectivity index (χ0v) is 14.2. The average Bonchev–Trinajstić information content (AvgIpc) is 2.78. The molecule has 120 valence electrons. The van der Waals surface area contributed by atoms with Gasteiger partial charge in [-0.3, -0.25) is 0 Å². The molecule has 3 atom stereocenters. The van der Waals surface area contributed by atoms with Gasteiger partial charge in [-0.15, -0.1) is 0 Å². The molecule has 3 nitrogen and oxygen atoms in total. The van der Waals surface area contributed by atoms with E-state index in [1.807, 2.05) is 6.92 Å². The Bertz CT molecular complexity index is 449. The van der Waals surface area contributed by atoms with Gasteiger partial charge in [0.25, 0.3) is 0 Å². The minimum atomic E-state index is -0.167. The van der Waals surface area contributed by atoms with E-state index >= 15 is 0 Å². The number of hydrogen-bond acceptors (Lipinski definition) is 3. The molecule has 2 aliphatic rings. The van der Waals surface area contributed by atoms with Gasteiger partial charge in [-0.2, -0.15) is 0 Å². The van der Waals surface area contributed by atoms with Gasteiger partial charge in [0, 0.05) is 12.2 Å². The summed E-state index contributed by atoms with van der Waals surface area (Å²) in [6.45, 7) is 9.28. The standard InChI is InChI=1S/C18H30O3/c1-12(7-6-10-19)15(16(20)21-5)14-11-13-8-9-18(14,4)17(13,2)3/h13-14,19H,6-11H2,1-5H3/t13-,14?,18-/m1/s1. The Morgan fingerprint density at radius 3 is 2.43 bits per heavy atom. The smallest absolute Gasteiger partial charge is 0.333 e. The molecule has 1 unspecified atom stereocenters. The summed E-state index contributed by atoms with van der Waals surface area (Å²) in [6, 6.07) is 0. The number of aliphatic hydroxyl groups excluding tert-OH is 1. The Kier molecular flexibility index (Phi) is 4.53. The minimum absolute atomic E-state index is 0.167. The molecule has 0 saturated heterocycles. The number of methoxy groups -OCH3 is 1. The number of ether oxygens (including phenoxy) is 1. The van der Waals surface area contributed by atoms with E-state index in [1.54, 1.807) is 0 Å². The van der Waals surface area contributed by atoms with E-state index < -0.39 is 0 Å². The van der Waals surface area contributed by atoms with E-state index in [1.165, 1.54) is 20.0 Å². The van der Waals surface area contributed by atoms with Gasteiger partial charge in [0.2, 0.25) is 0 Å². The molecule has 0 aliphatic heterocycles. The van der Waals surface area contributed by atoms with Crippen LogP contribution in [0.15, 0.2) is 11.1 Å². The molecule has 0 aromatic carbocycles. The van der Waals surface area contributed by atoms with E-state index in [-0.39, 0.29) is 23.4 Å². The van der Waals surface area contributed by atoms with Crippen LogP contribution in [0.1, 0.15) is 59.8 Å². The number of aliphatic hydroxyl groups is 1. The molecular formula is C18H30O3. The lowest BCUT2D eigenvalue weighted by Gasteiger charge is -2.40. The highest BCUT2D eigenvalue weighted by molar-refractivity contribution is 5.90. The second-order valence-corrected chi connectivity index (χ2v) is 7.68. The Hall–Kier alpha value is -0.830. The van der Waals surface area contributed by atoms with Crippen LogP contribution in [-0.2, 0) is 9.53 Å². The van der Waals surface area contributed by atoms with E-state index in [0.717, 1.165) is 24.0 Å². The van der Waals surface area contributed by atoms with Crippen LogP contribution in [0.2, 0.25) is 0 Å². The lowest BCUT2D eigenvalue weighted by molar-refractivity contribution is -0.137. The van der Waals surface area contributed by atoms with Gasteiger partial charge < -0.3 is 9.84 Å². The molecule has 2 bridgehead atoms. The fourth-order valence-electron chi connectivity index (χ4n) is 4.84. The third kappa shape index (κ3) is 2.44. The van der Waals surface area contributed by atoms with Crippen LogP contribution >= 0.6 is 0 Å². The summed E-state index contributed by atoms with van der Waals surface area (Å²) >= 11 is 0. The normalized spacial score (nSPS) is 34.8. The van der Waals surface area contributed by atoms with Crippen molar-refractivity contribution in [2.24, 2.45) is 22.7 Å². The van der Waals surface area contributed by atoms with E-state index in [0.29, 0.717) is 18.3 Å². The predicted octanol–water partition coefficient (Wildman–Crippen LogP) is 3.71. The fraction of sp³-hybridized carbons (Fsp3) is 0.833. The van der Waals surface area contributed by atoms with Crippen molar-refractivity contribution in [2.75, 3.05) is 13.7 Å². The minimum Gasteiger partial charge on any atom is -0.466 e. The van der Waals surface area contributed by atoms with Gasteiger partial charge in [0.1, 0.15) is 0 Å². The van der Waals surface area contributed by atoms with Gasteiger partial charge in [0.05, 0.1) is 7.11 Å². The molecule has 0 aromatic rings. The fourth-order valence-corrected chi connectivity index (χ4v) is 4.84. The van der Waals surface area contributed by atoms with Crippen molar-refractivity contribution >= 4 is 5.97 Å². The summed E-state index contributed by atoms with van der Waals surface area (Å²) in [7, 11) is 1.47.